The van der Waals surface area contributed by atoms with Crippen molar-refractivity contribution in [2.75, 3.05) is 10.6 Å². The summed E-state index contributed by atoms with van der Waals surface area (Å²) < 4.78 is 1.17. The van der Waals surface area contributed by atoms with Gasteiger partial charge in [0.1, 0.15) is 0 Å². The van der Waals surface area contributed by atoms with Crippen LogP contribution in [-0.2, 0) is 4.79 Å². The molecule has 1 aliphatic carbocycles. The fourth-order valence-electron chi connectivity index (χ4n) is 4.50. The molecule has 0 bridgehead atoms. The minimum Gasteiger partial charge on any atom is -0.372 e. The van der Waals surface area contributed by atoms with Gasteiger partial charge in [-0.05, 0) is 77.2 Å². The van der Waals surface area contributed by atoms with E-state index >= 15 is 0 Å². The summed E-state index contributed by atoms with van der Waals surface area (Å²) in [6.07, 6.45) is 1.38. The van der Waals surface area contributed by atoms with E-state index < -0.39 is 0 Å². The SMILES string of the molecule is Cc1ccc([C@@H]2CC(=O)C3=C(C2)Nc2ccccc2N[C@@H]3c2cccc(I)c2)cc1. The Balaban J connectivity index is 1.61. The molecule has 150 valence electrons. The number of carbonyl (C=O) groups excluding carboxylic acids is 1. The Kier molecular flexibility index (Phi) is 5.11. The number of hydrogen-bond acceptors (Lipinski definition) is 3. The van der Waals surface area contributed by atoms with Gasteiger partial charge in [-0.2, -0.15) is 0 Å². The van der Waals surface area contributed by atoms with Crippen molar-refractivity contribution >= 4 is 39.7 Å². The molecule has 0 radical (unpaired) electrons. The molecule has 1 aliphatic heterocycles. The number of halogens is 1. The Morgan fingerprint density at radius 2 is 1.63 bits per heavy atom. The molecule has 0 saturated carbocycles. The van der Waals surface area contributed by atoms with E-state index in [1.807, 2.05) is 12.1 Å². The van der Waals surface area contributed by atoms with Crippen LogP contribution < -0.4 is 10.6 Å². The maximum atomic E-state index is 13.5. The lowest BCUT2D eigenvalue weighted by Crippen LogP contribution is -2.26. The molecule has 0 spiro atoms. The predicted octanol–water partition coefficient (Wildman–Crippen LogP) is 6.58. The number of anilines is 2. The Labute approximate surface area is 190 Å². The van der Waals surface area contributed by atoms with E-state index in [-0.39, 0.29) is 17.7 Å². The summed E-state index contributed by atoms with van der Waals surface area (Å²) in [5.41, 5.74) is 7.56. The average molecular weight is 506 g/mol. The number of hydrogen-bond donors (Lipinski definition) is 2. The maximum Gasteiger partial charge on any atom is 0.163 e. The molecular formula is C26H23IN2O. The summed E-state index contributed by atoms with van der Waals surface area (Å²) in [5.74, 6) is 0.421. The average Bonchev–Trinajstić information content (AvgIpc) is 2.91. The van der Waals surface area contributed by atoms with Crippen molar-refractivity contribution in [3.8, 4) is 0 Å². The first-order chi connectivity index (χ1) is 14.6. The number of para-hydroxylation sites is 2. The zero-order valence-electron chi connectivity index (χ0n) is 16.8. The van der Waals surface area contributed by atoms with E-state index in [2.05, 4.69) is 101 Å². The van der Waals surface area contributed by atoms with E-state index in [0.717, 1.165) is 34.6 Å². The Bertz CT molecular complexity index is 1150. The summed E-state index contributed by atoms with van der Waals surface area (Å²) >= 11 is 2.33. The van der Waals surface area contributed by atoms with Crippen molar-refractivity contribution in [3.05, 3.63) is 104 Å². The van der Waals surface area contributed by atoms with Crippen molar-refractivity contribution in [3.63, 3.8) is 0 Å². The second-order valence-corrected chi connectivity index (χ2v) is 9.38. The van der Waals surface area contributed by atoms with Gasteiger partial charge in [0.2, 0.25) is 0 Å². The van der Waals surface area contributed by atoms with E-state index in [0.29, 0.717) is 6.42 Å². The second kappa shape index (κ2) is 7.91. The lowest BCUT2D eigenvalue weighted by molar-refractivity contribution is -0.116. The van der Waals surface area contributed by atoms with Crippen LogP contribution in [-0.4, -0.2) is 5.78 Å². The van der Waals surface area contributed by atoms with Crippen LogP contribution in [0.3, 0.4) is 0 Å². The van der Waals surface area contributed by atoms with Crippen molar-refractivity contribution in [2.24, 2.45) is 0 Å². The zero-order valence-corrected chi connectivity index (χ0v) is 18.9. The molecular weight excluding hydrogens is 483 g/mol. The fourth-order valence-corrected chi connectivity index (χ4v) is 5.07. The predicted molar refractivity (Wildman–Crippen MR) is 131 cm³/mol. The number of fused-ring (bicyclic) bond motifs is 1. The first-order valence-electron chi connectivity index (χ1n) is 10.3. The van der Waals surface area contributed by atoms with Gasteiger partial charge in [-0.15, -0.1) is 0 Å². The second-order valence-electron chi connectivity index (χ2n) is 8.13. The summed E-state index contributed by atoms with van der Waals surface area (Å²) in [6, 6.07) is 25.1. The van der Waals surface area contributed by atoms with Gasteiger partial charge in [0.05, 0.1) is 17.4 Å². The Morgan fingerprint density at radius 1 is 0.867 bits per heavy atom. The molecule has 30 heavy (non-hydrogen) atoms. The van der Waals surface area contributed by atoms with E-state index in [1.165, 1.54) is 14.7 Å². The molecule has 0 saturated heterocycles. The number of allylic oxidation sites excluding steroid dienone is 1. The third-order valence-corrected chi connectivity index (χ3v) is 6.71. The number of carbonyl (C=O) groups is 1. The zero-order chi connectivity index (χ0) is 20.7. The van der Waals surface area contributed by atoms with Crippen LogP contribution in [0.4, 0.5) is 11.4 Å². The van der Waals surface area contributed by atoms with Crippen molar-refractivity contribution in [1.82, 2.24) is 0 Å². The molecule has 3 aromatic rings. The minimum absolute atomic E-state index is 0.155. The van der Waals surface area contributed by atoms with Crippen LogP contribution in [0, 0.1) is 10.5 Å². The van der Waals surface area contributed by atoms with Crippen molar-refractivity contribution < 1.29 is 4.79 Å². The number of aryl methyl sites for hydroxylation is 1. The lowest BCUT2D eigenvalue weighted by atomic mass is 9.78. The van der Waals surface area contributed by atoms with E-state index in [1.54, 1.807) is 0 Å². The highest BCUT2D eigenvalue weighted by molar-refractivity contribution is 14.1. The van der Waals surface area contributed by atoms with Gasteiger partial charge < -0.3 is 10.6 Å². The largest absolute Gasteiger partial charge is 0.372 e. The molecule has 0 unspecified atom stereocenters. The standard InChI is InChI=1S/C26H23IN2O/c1-16-9-11-17(12-10-16)19-14-23-25(24(30)15-19)26(18-5-4-6-20(27)13-18)29-22-8-3-2-7-21(22)28-23/h2-13,19,26,28-29H,14-15H2,1H3/t19-,26+/m0/s1. The monoisotopic (exact) mass is 506 g/mol. The topological polar surface area (TPSA) is 41.1 Å². The van der Waals surface area contributed by atoms with Gasteiger partial charge in [-0.3, -0.25) is 4.79 Å². The van der Waals surface area contributed by atoms with Crippen LogP contribution in [0.25, 0.3) is 0 Å². The Hall–Kier alpha value is -2.60. The molecule has 2 aliphatic rings. The molecule has 3 nitrogen and oxygen atoms in total. The van der Waals surface area contributed by atoms with Crippen LogP contribution in [0.15, 0.2) is 84.1 Å². The smallest absolute Gasteiger partial charge is 0.163 e. The lowest BCUT2D eigenvalue weighted by Gasteiger charge is -2.30. The minimum atomic E-state index is -0.155. The van der Waals surface area contributed by atoms with Gasteiger partial charge in [0, 0.05) is 21.3 Å². The van der Waals surface area contributed by atoms with Crippen LogP contribution in [0.2, 0.25) is 0 Å². The van der Waals surface area contributed by atoms with Gasteiger partial charge >= 0.3 is 0 Å². The third kappa shape index (κ3) is 3.65. The molecule has 0 amide bonds. The third-order valence-electron chi connectivity index (χ3n) is 6.04. The molecule has 3 aromatic carbocycles. The summed E-state index contributed by atoms with van der Waals surface area (Å²) in [6.45, 7) is 2.09. The molecule has 5 rings (SSSR count). The van der Waals surface area contributed by atoms with Crippen LogP contribution in [0.5, 0.6) is 0 Å². The first-order valence-corrected chi connectivity index (χ1v) is 11.4. The van der Waals surface area contributed by atoms with E-state index in [9.17, 15) is 4.79 Å². The van der Waals surface area contributed by atoms with Crippen LogP contribution in [0.1, 0.15) is 41.5 Å². The van der Waals surface area contributed by atoms with Crippen molar-refractivity contribution in [1.29, 1.82) is 0 Å². The van der Waals surface area contributed by atoms with Crippen LogP contribution >= 0.6 is 22.6 Å². The molecule has 0 fully saturated rings. The first kappa shape index (κ1) is 19.4. The molecule has 4 heteroatoms. The molecule has 2 N–H and O–H groups in total. The van der Waals surface area contributed by atoms with Crippen molar-refractivity contribution in [2.45, 2.75) is 31.7 Å². The fraction of sp³-hybridized carbons (Fsp3) is 0.192. The maximum absolute atomic E-state index is 13.5. The number of benzene rings is 3. The summed E-state index contributed by atoms with van der Waals surface area (Å²) in [5, 5.41) is 7.26. The number of Topliss-reactive ketones (excluding diaryl/α,β-unsaturated/α-hetero) is 1. The molecule has 0 aromatic heterocycles. The number of rotatable bonds is 2. The van der Waals surface area contributed by atoms with Gasteiger partial charge in [-0.25, -0.2) is 0 Å². The summed E-state index contributed by atoms with van der Waals surface area (Å²) in [4.78, 5) is 13.5. The molecule has 2 atom stereocenters. The van der Waals surface area contributed by atoms with Gasteiger partial charge in [0.25, 0.3) is 0 Å². The highest BCUT2D eigenvalue weighted by atomic mass is 127. The highest BCUT2D eigenvalue weighted by Gasteiger charge is 2.36. The summed E-state index contributed by atoms with van der Waals surface area (Å²) in [7, 11) is 0. The number of ketones is 1. The quantitative estimate of drug-likeness (QED) is 0.386. The Morgan fingerprint density at radius 3 is 2.40 bits per heavy atom. The van der Waals surface area contributed by atoms with E-state index in [4.69, 9.17) is 0 Å². The normalized spacial score (nSPS) is 20.5. The van der Waals surface area contributed by atoms with Gasteiger partial charge in [-0.1, -0.05) is 54.1 Å². The highest BCUT2D eigenvalue weighted by Crippen LogP contribution is 2.44. The molecule has 1 heterocycles. The number of nitrogens with one attached hydrogen (secondary N) is 2. The van der Waals surface area contributed by atoms with Gasteiger partial charge in [0.15, 0.2) is 5.78 Å².